The van der Waals surface area contributed by atoms with Crippen molar-refractivity contribution in [2.24, 2.45) is 22.0 Å². The first-order valence-electron chi connectivity index (χ1n) is 8.48. The zero-order chi connectivity index (χ0) is 21.0. The largest absolute Gasteiger partial charge is 0.507 e. The number of amides is 2. The van der Waals surface area contributed by atoms with E-state index in [0.717, 1.165) is 0 Å². The average Bonchev–Trinajstić information content (AvgIpc) is 3.48. The number of benzene rings is 2. The molecule has 150 valence electrons. The molecule has 0 unspecified atom stereocenters. The molecule has 3 rings (SSSR count). The minimum atomic E-state index is -0.447. The number of phenols is 2. The first-order chi connectivity index (χ1) is 13.8. The molecule has 2 atom stereocenters. The summed E-state index contributed by atoms with van der Waals surface area (Å²) in [7, 11) is 0. The number of carbonyl (C=O) groups excluding carboxylic acids is 2. The van der Waals surface area contributed by atoms with Crippen molar-refractivity contribution in [3.8, 4) is 11.5 Å². The van der Waals surface area contributed by atoms with Crippen LogP contribution in [-0.2, 0) is 9.59 Å². The maximum atomic E-state index is 12.1. The molecule has 4 N–H and O–H groups in total. The second-order valence-corrected chi connectivity index (χ2v) is 8.05. The number of phenolic OH excluding ortho intramolecular Hbond substituents is 2. The van der Waals surface area contributed by atoms with Gasteiger partial charge in [0.15, 0.2) is 0 Å². The van der Waals surface area contributed by atoms with E-state index < -0.39 is 11.8 Å². The maximum absolute atomic E-state index is 12.1. The third-order valence-electron chi connectivity index (χ3n) is 4.18. The van der Waals surface area contributed by atoms with Gasteiger partial charge in [0.2, 0.25) is 11.8 Å². The van der Waals surface area contributed by atoms with Gasteiger partial charge in [-0.3, -0.25) is 9.59 Å². The van der Waals surface area contributed by atoms with Crippen molar-refractivity contribution in [3.05, 3.63) is 56.5 Å². The molecule has 1 saturated carbocycles. The van der Waals surface area contributed by atoms with Gasteiger partial charge in [0, 0.05) is 0 Å². The second-order valence-electron chi connectivity index (χ2n) is 6.34. The monoisotopic (exact) mass is 522 g/mol. The van der Waals surface area contributed by atoms with Crippen LogP contribution in [0.25, 0.3) is 0 Å². The smallest absolute Gasteiger partial charge is 0.244 e. The summed E-state index contributed by atoms with van der Waals surface area (Å²) in [6.07, 6.45) is 3.32. The van der Waals surface area contributed by atoms with E-state index in [0.29, 0.717) is 26.5 Å². The molecule has 10 heteroatoms. The Morgan fingerprint density at radius 3 is 1.66 bits per heavy atom. The van der Waals surface area contributed by atoms with E-state index in [1.54, 1.807) is 24.3 Å². The molecule has 1 fully saturated rings. The lowest BCUT2D eigenvalue weighted by atomic mass is 10.2. The van der Waals surface area contributed by atoms with Crippen LogP contribution in [0.4, 0.5) is 0 Å². The lowest BCUT2D eigenvalue weighted by Crippen LogP contribution is -2.25. The van der Waals surface area contributed by atoms with E-state index in [1.165, 1.54) is 24.6 Å². The highest BCUT2D eigenvalue weighted by Gasteiger charge is 2.48. The van der Waals surface area contributed by atoms with Gasteiger partial charge < -0.3 is 10.2 Å². The molecule has 2 aromatic rings. The van der Waals surface area contributed by atoms with Crippen molar-refractivity contribution in [1.82, 2.24) is 10.9 Å². The Hall–Kier alpha value is -2.72. The quantitative estimate of drug-likeness (QED) is 0.343. The summed E-state index contributed by atoms with van der Waals surface area (Å²) in [5.74, 6) is -1.36. The Balaban J connectivity index is 1.45. The molecule has 1 aliphatic rings. The molecule has 0 aliphatic heterocycles. The fourth-order valence-electron chi connectivity index (χ4n) is 2.49. The minimum absolute atomic E-state index is 0.110. The summed E-state index contributed by atoms with van der Waals surface area (Å²) in [6, 6.07) is 9.62. The Bertz CT molecular complexity index is 930. The maximum Gasteiger partial charge on any atom is 0.244 e. The second kappa shape index (κ2) is 9.19. The molecule has 0 bridgehead atoms. The summed E-state index contributed by atoms with van der Waals surface area (Å²) in [5.41, 5.74) is 6.20. The Labute approximate surface area is 183 Å². The standard InChI is InChI=1S/C19H16Br2N4O4/c20-14-5-10(1-3-16(14)26)8-22-24-18(28)12-7-13(12)19(29)25-23-9-11-2-4-17(27)15(21)6-11/h1-6,8-9,12-13,26-27H,7H2,(H,24,28)(H,25,29)/b22-8-,23-9-/t12-,13-/m0/s1. The molecule has 29 heavy (non-hydrogen) atoms. The molecule has 0 radical (unpaired) electrons. The lowest BCUT2D eigenvalue weighted by molar-refractivity contribution is -0.127. The van der Waals surface area contributed by atoms with Crippen molar-refractivity contribution in [1.29, 1.82) is 0 Å². The predicted molar refractivity (Wildman–Crippen MR) is 115 cm³/mol. The van der Waals surface area contributed by atoms with Crippen LogP contribution < -0.4 is 10.9 Å². The van der Waals surface area contributed by atoms with Crippen LogP contribution in [0.3, 0.4) is 0 Å². The summed E-state index contributed by atoms with van der Waals surface area (Å²) in [6.45, 7) is 0. The highest BCUT2D eigenvalue weighted by atomic mass is 79.9. The van der Waals surface area contributed by atoms with Crippen molar-refractivity contribution >= 4 is 56.1 Å². The van der Waals surface area contributed by atoms with Gasteiger partial charge in [-0.2, -0.15) is 10.2 Å². The highest BCUT2D eigenvalue weighted by Crippen LogP contribution is 2.38. The normalized spacial score (nSPS) is 18.1. The Morgan fingerprint density at radius 1 is 0.862 bits per heavy atom. The van der Waals surface area contributed by atoms with E-state index >= 15 is 0 Å². The number of nitrogens with one attached hydrogen (secondary N) is 2. The van der Waals surface area contributed by atoms with Gasteiger partial charge in [0.05, 0.1) is 33.2 Å². The first kappa shape index (κ1) is 21.0. The van der Waals surface area contributed by atoms with Gasteiger partial charge in [-0.1, -0.05) is 0 Å². The zero-order valence-electron chi connectivity index (χ0n) is 14.8. The number of halogens is 2. The molecular weight excluding hydrogens is 508 g/mol. The summed E-state index contributed by atoms with van der Waals surface area (Å²) < 4.78 is 1.04. The molecule has 0 spiro atoms. The summed E-state index contributed by atoms with van der Waals surface area (Å²) in [4.78, 5) is 24.1. The van der Waals surface area contributed by atoms with Gasteiger partial charge in [-0.25, -0.2) is 10.9 Å². The van der Waals surface area contributed by atoms with E-state index in [1.807, 2.05) is 0 Å². The third-order valence-corrected chi connectivity index (χ3v) is 5.45. The van der Waals surface area contributed by atoms with Crippen LogP contribution in [0.2, 0.25) is 0 Å². The topological polar surface area (TPSA) is 123 Å². The van der Waals surface area contributed by atoms with E-state index in [9.17, 15) is 19.8 Å². The van der Waals surface area contributed by atoms with Gasteiger partial charge >= 0.3 is 0 Å². The zero-order valence-corrected chi connectivity index (χ0v) is 18.0. The van der Waals surface area contributed by atoms with Crippen LogP contribution in [0.5, 0.6) is 11.5 Å². The third kappa shape index (κ3) is 5.64. The van der Waals surface area contributed by atoms with Gasteiger partial charge in [0.25, 0.3) is 0 Å². The average molecular weight is 524 g/mol. The summed E-state index contributed by atoms with van der Waals surface area (Å²) >= 11 is 6.40. The number of nitrogens with zero attached hydrogens (tertiary/aromatic N) is 2. The van der Waals surface area contributed by atoms with Gasteiger partial charge in [0.1, 0.15) is 11.5 Å². The number of aromatic hydroxyl groups is 2. The SMILES string of the molecule is O=C(N/N=C\c1ccc(O)c(Br)c1)[C@H]1C[C@@H]1C(=O)N/N=C\c1ccc(O)c(Br)c1. The van der Waals surface area contributed by atoms with Crippen molar-refractivity contribution < 1.29 is 19.8 Å². The highest BCUT2D eigenvalue weighted by molar-refractivity contribution is 9.10. The number of hydrazone groups is 2. The number of hydrogen-bond acceptors (Lipinski definition) is 6. The van der Waals surface area contributed by atoms with Crippen LogP contribution >= 0.6 is 31.9 Å². The van der Waals surface area contributed by atoms with Crippen LogP contribution in [0.1, 0.15) is 17.5 Å². The number of carbonyl (C=O) groups is 2. The van der Waals surface area contributed by atoms with E-state index in [4.69, 9.17) is 0 Å². The lowest BCUT2D eigenvalue weighted by Gasteiger charge is -2.01. The van der Waals surface area contributed by atoms with E-state index in [2.05, 4.69) is 52.9 Å². The molecular formula is C19H16Br2N4O4. The van der Waals surface area contributed by atoms with E-state index in [-0.39, 0.29) is 23.3 Å². The van der Waals surface area contributed by atoms with Gasteiger partial charge in [-0.15, -0.1) is 0 Å². The van der Waals surface area contributed by atoms with Crippen LogP contribution in [-0.4, -0.2) is 34.5 Å². The molecule has 0 saturated heterocycles. The number of hydrogen-bond donors (Lipinski definition) is 4. The fourth-order valence-corrected chi connectivity index (χ4v) is 3.28. The fraction of sp³-hybridized carbons (Fsp3) is 0.158. The molecule has 2 amide bonds. The molecule has 8 nitrogen and oxygen atoms in total. The Kier molecular flexibility index (Phi) is 6.65. The van der Waals surface area contributed by atoms with Gasteiger partial charge in [-0.05, 0) is 85.8 Å². The van der Waals surface area contributed by atoms with Crippen molar-refractivity contribution in [2.75, 3.05) is 0 Å². The van der Waals surface area contributed by atoms with Crippen LogP contribution in [0.15, 0.2) is 55.5 Å². The molecule has 0 aromatic heterocycles. The Morgan fingerprint density at radius 2 is 1.28 bits per heavy atom. The molecule has 1 aliphatic carbocycles. The summed E-state index contributed by atoms with van der Waals surface area (Å²) in [5, 5.41) is 26.6. The first-order valence-corrected chi connectivity index (χ1v) is 10.1. The van der Waals surface area contributed by atoms with Crippen LogP contribution in [0, 0.1) is 11.8 Å². The number of rotatable bonds is 6. The van der Waals surface area contributed by atoms with Crippen molar-refractivity contribution in [2.45, 2.75) is 6.42 Å². The molecule has 2 aromatic carbocycles. The predicted octanol–water partition coefficient (Wildman–Crippen LogP) is 2.86. The molecule has 0 heterocycles. The van der Waals surface area contributed by atoms with Crippen molar-refractivity contribution in [3.63, 3.8) is 0 Å². The minimum Gasteiger partial charge on any atom is -0.507 e.